The quantitative estimate of drug-likeness (QED) is 0.624. The standard InChI is InChI=1S/C14H17N3O3/c1-9(18)15-8-11-13(14(20)16-11)17-12(19)7-10-5-3-2-4-6-10/h2-6,11,13H,7-8H2,1H3,(H,15,18)(H,16,20)(H,17,19)/t11-,13+/m1/s1. The van der Waals surface area contributed by atoms with Crippen molar-refractivity contribution in [3.63, 3.8) is 0 Å². The van der Waals surface area contributed by atoms with E-state index in [9.17, 15) is 14.4 Å². The van der Waals surface area contributed by atoms with Crippen molar-refractivity contribution in [2.45, 2.75) is 25.4 Å². The Bertz CT molecular complexity index is 516. The molecule has 0 unspecified atom stereocenters. The zero-order valence-corrected chi connectivity index (χ0v) is 11.2. The molecule has 1 fully saturated rings. The highest BCUT2D eigenvalue weighted by molar-refractivity contribution is 5.94. The Morgan fingerprint density at radius 2 is 1.95 bits per heavy atom. The molecule has 2 rings (SSSR count). The van der Waals surface area contributed by atoms with Gasteiger partial charge in [-0.1, -0.05) is 30.3 Å². The number of benzene rings is 1. The second-order valence-corrected chi connectivity index (χ2v) is 4.76. The van der Waals surface area contributed by atoms with Crippen molar-refractivity contribution in [1.82, 2.24) is 16.0 Å². The molecule has 0 spiro atoms. The monoisotopic (exact) mass is 275 g/mol. The lowest BCUT2D eigenvalue weighted by atomic mass is 9.98. The van der Waals surface area contributed by atoms with Crippen LogP contribution in [0.15, 0.2) is 30.3 Å². The second kappa shape index (κ2) is 6.18. The van der Waals surface area contributed by atoms with Crippen molar-refractivity contribution in [2.75, 3.05) is 6.54 Å². The summed E-state index contributed by atoms with van der Waals surface area (Å²) < 4.78 is 0. The number of hydrogen-bond acceptors (Lipinski definition) is 3. The van der Waals surface area contributed by atoms with Gasteiger partial charge in [-0.05, 0) is 5.56 Å². The second-order valence-electron chi connectivity index (χ2n) is 4.76. The van der Waals surface area contributed by atoms with Gasteiger partial charge in [0.1, 0.15) is 6.04 Å². The number of rotatable bonds is 5. The summed E-state index contributed by atoms with van der Waals surface area (Å²) in [5.74, 6) is -0.592. The first-order chi connectivity index (χ1) is 9.56. The summed E-state index contributed by atoms with van der Waals surface area (Å²) in [7, 11) is 0. The minimum Gasteiger partial charge on any atom is -0.354 e. The molecule has 3 amide bonds. The Kier molecular flexibility index (Phi) is 4.34. The van der Waals surface area contributed by atoms with E-state index in [-0.39, 0.29) is 30.2 Å². The molecule has 1 aliphatic heterocycles. The van der Waals surface area contributed by atoms with Gasteiger partial charge in [-0.2, -0.15) is 0 Å². The van der Waals surface area contributed by atoms with Crippen LogP contribution in [0.5, 0.6) is 0 Å². The van der Waals surface area contributed by atoms with E-state index in [1.165, 1.54) is 6.92 Å². The Labute approximate surface area is 116 Å². The molecule has 1 saturated heterocycles. The van der Waals surface area contributed by atoms with Crippen LogP contribution >= 0.6 is 0 Å². The van der Waals surface area contributed by atoms with E-state index in [2.05, 4.69) is 16.0 Å². The molecule has 1 heterocycles. The van der Waals surface area contributed by atoms with E-state index >= 15 is 0 Å². The van der Waals surface area contributed by atoms with Gasteiger partial charge in [-0.25, -0.2) is 0 Å². The third-order valence-electron chi connectivity index (χ3n) is 3.11. The first kappa shape index (κ1) is 14.0. The molecule has 2 atom stereocenters. The van der Waals surface area contributed by atoms with Crippen molar-refractivity contribution in [3.05, 3.63) is 35.9 Å². The summed E-state index contributed by atoms with van der Waals surface area (Å²) in [6.45, 7) is 1.72. The molecule has 106 valence electrons. The predicted octanol–water partition coefficient (Wildman–Crippen LogP) is -0.652. The molecular weight excluding hydrogens is 258 g/mol. The Balaban J connectivity index is 1.83. The average Bonchev–Trinajstić information content (AvgIpc) is 2.41. The lowest BCUT2D eigenvalue weighted by Gasteiger charge is -2.37. The maximum absolute atomic E-state index is 11.9. The summed E-state index contributed by atoms with van der Waals surface area (Å²) in [4.78, 5) is 34.1. The normalized spacial score (nSPS) is 20.6. The highest BCUT2D eigenvalue weighted by Crippen LogP contribution is 2.07. The average molecular weight is 275 g/mol. The molecule has 1 aromatic carbocycles. The molecule has 0 aromatic heterocycles. The van der Waals surface area contributed by atoms with E-state index in [4.69, 9.17) is 0 Å². The largest absolute Gasteiger partial charge is 0.354 e. The van der Waals surface area contributed by atoms with Gasteiger partial charge in [0.25, 0.3) is 0 Å². The van der Waals surface area contributed by atoms with Crippen LogP contribution in [-0.2, 0) is 20.8 Å². The van der Waals surface area contributed by atoms with Crippen LogP contribution in [-0.4, -0.2) is 36.3 Å². The van der Waals surface area contributed by atoms with Gasteiger partial charge in [0, 0.05) is 13.5 Å². The Morgan fingerprint density at radius 3 is 2.55 bits per heavy atom. The SMILES string of the molecule is CC(=O)NC[C@H]1NC(=O)[C@H]1NC(=O)Cc1ccccc1. The summed E-state index contributed by atoms with van der Waals surface area (Å²) in [5, 5.41) is 7.95. The van der Waals surface area contributed by atoms with E-state index in [0.29, 0.717) is 6.54 Å². The van der Waals surface area contributed by atoms with Crippen molar-refractivity contribution in [3.8, 4) is 0 Å². The Morgan fingerprint density at radius 1 is 1.25 bits per heavy atom. The number of hydrogen-bond donors (Lipinski definition) is 3. The number of carbonyl (C=O) groups excluding carboxylic acids is 3. The molecule has 20 heavy (non-hydrogen) atoms. The lowest BCUT2D eigenvalue weighted by molar-refractivity contribution is -0.136. The van der Waals surface area contributed by atoms with Crippen LogP contribution in [0.3, 0.4) is 0 Å². The minimum absolute atomic E-state index is 0.166. The number of carbonyl (C=O) groups is 3. The van der Waals surface area contributed by atoms with Crippen molar-refractivity contribution in [1.29, 1.82) is 0 Å². The van der Waals surface area contributed by atoms with E-state index in [1.54, 1.807) is 0 Å². The van der Waals surface area contributed by atoms with Crippen LogP contribution < -0.4 is 16.0 Å². The lowest BCUT2D eigenvalue weighted by Crippen LogP contribution is -2.71. The maximum atomic E-state index is 11.9. The fraction of sp³-hybridized carbons (Fsp3) is 0.357. The third kappa shape index (κ3) is 3.57. The van der Waals surface area contributed by atoms with Gasteiger partial charge in [0.05, 0.1) is 12.5 Å². The van der Waals surface area contributed by atoms with Gasteiger partial charge >= 0.3 is 0 Å². The van der Waals surface area contributed by atoms with Crippen molar-refractivity contribution >= 4 is 17.7 Å². The van der Waals surface area contributed by atoms with E-state index < -0.39 is 6.04 Å². The van der Waals surface area contributed by atoms with Gasteiger partial charge in [-0.3, -0.25) is 14.4 Å². The van der Waals surface area contributed by atoms with Gasteiger partial charge in [0.15, 0.2) is 0 Å². The van der Waals surface area contributed by atoms with Gasteiger partial charge in [0.2, 0.25) is 17.7 Å². The van der Waals surface area contributed by atoms with Crippen LogP contribution in [0.1, 0.15) is 12.5 Å². The highest BCUT2D eigenvalue weighted by atomic mass is 16.2. The Hall–Kier alpha value is -2.37. The zero-order valence-electron chi connectivity index (χ0n) is 11.2. The number of β-lactam (4-membered cyclic amide) rings is 1. The molecule has 6 nitrogen and oxygen atoms in total. The van der Waals surface area contributed by atoms with E-state index in [1.807, 2.05) is 30.3 Å². The molecule has 6 heteroatoms. The fourth-order valence-electron chi connectivity index (χ4n) is 2.04. The van der Waals surface area contributed by atoms with Crippen LogP contribution in [0.4, 0.5) is 0 Å². The van der Waals surface area contributed by atoms with Crippen LogP contribution in [0.25, 0.3) is 0 Å². The summed E-state index contributed by atoms with van der Waals surface area (Å²) in [6.07, 6.45) is 0.234. The van der Waals surface area contributed by atoms with Crippen molar-refractivity contribution < 1.29 is 14.4 Å². The van der Waals surface area contributed by atoms with Crippen LogP contribution in [0.2, 0.25) is 0 Å². The summed E-state index contributed by atoms with van der Waals surface area (Å²) >= 11 is 0. The predicted molar refractivity (Wildman–Crippen MR) is 72.7 cm³/mol. The van der Waals surface area contributed by atoms with Crippen molar-refractivity contribution in [2.24, 2.45) is 0 Å². The molecule has 1 aliphatic rings. The number of amides is 3. The highest BCUT2D eigenvalue weighted by Gasteiger charge is 2.40. The first-order valence-electron chi connectivity index (χ1n) is 6.44. The third-order valence-corrected chi connectivity index (χ3v) is 3.11. The molecule has 0 bridgehead atoms. The number of nitrogens with one attached hydrogen (secondary N) is 3. The topological polar surface area (TPSA) is 87.3 Å². The molecule has 0 aliphatic carbocycles. The molecule has 3 N–H and O–H groups in total. The molecule has 0 saturated carbocycles. The summed E-state index contributed by atoms with van der Waals surface area (Å²) in [5.41, 5.74) is 0.892. The first-order valence-corrected chi connectivity index (χ1v) is 6.44. The molecule has 1 aromatic rings. The van der Waals surface area contributed by atoms with E-state index in [0.717, 1.165) is 5.56 Å². The van der Waals surface area contributed by atoms with Gasteiger partial charge < -0.3 is 16.0 Å². The van der Waals surface area contributed by atoms with Crippen LogP contribution in [0, 0.1) is 0 Å². The zero-order chi connectivity index (χ0) is 14.5. The smallest absolute Gasteiger partial charge is 0.245 e. The van der Waals surface area contributed by atoms with Gasteiger partial charge in [-0.15, -0.1) is 0 Å². The summed E-state index contributed by atoms with van der Waals surface area (Å²) in [6, 6.07) is 8.50. The maximum Gasteiger partial charge on any atom is 0.245 e. The molecular formula is C14H17N3O3. The fourth-order valence-corrected chi connectivity index (χ4v) is 2.04. The minimum atomic E-state index is -0.571. The molecule has 0 radical (unpaired) electrons.